The van der Waals surface area contributed by atoms with Crippen molar-refractivity contribution in [1.82, 2.24) is 25.2 Å². The second kappa shape index (κ2) is 12.5. The van der Waals surface area contributed by atoms with E-state index >= 15 is 4.39 Å². The monoisotopic (exact) mass is 688 g/mol. The number of benzene rings is 2. The molecular weight excluding hydrogens is 654 g/mol. The van der Waals surface area contributed by atoms with Crippen LogP contribution in [0.15, 0.2) is 43.1 Å². The average molecular weight is 689 g/mol. The molecule has 0 spiro atoms. The topological polar surface area (TPSA) is 138 Å². The van der Waals surface area contributed by atoms with Gasteiger partial charge in [-0.05, 0) is 68.4 Å². The Balaban J connectivity index is 1.39. The van der Waals surface area contributed by atoms with E-state index < -0.39 is 33.4 Å². The molecule has 1 atom stereocenters. The molecule has 0 saturated carbocycles. The highest BCUT2D eigenvalue weighted by Crippen LogP contribution is 2.41. The maximum Gasteiger partial charge on any atom is 0.319 e. The fourth-order valence-corrected chi connectivity index (χ4v) is 8.98. The summed E-state index contributed by atoms with van der Waals surface area (Å²) in [5.41, 5.74) is -0.642. The van der Waals surface area contributed by atoms with Gasteiger partial charge in [0.1, 0.15) is 35.2 Å². The van der Waals surface area contributed by atoms with Crippen molar-refractivity contribution in [2.24, 2.45) is 0 Å². The molecule has 254 valence electrons. The van der Waals surface area contributed by atoms with Crippen LogP contribution in [0.3, 0.4) is 0 Å². The highest BCUT2D eigenvalue weighted by Gasteiger charge is 2.45. The van der Waals surface area contributed by atoms with Gasteiger partial charge in [-0.2, -0.15) is 9.97 Å². The molecule has 3 aliphatic heterocycles. The van der Waals surface area contributed by atoms with Crippen LogP contribution in [0.5, 0.6) is 11.8 Å². The van der Waals surface area contributed by atoms with Crippen LogP contribution in [0, 0.1) is 24.0 Å². The predicted molar refractivity (Wildman–Crippen MR) is 181 cm³/mol. The second-order valence-electron chi connectivity index (χ2n) is 12.8. The summed E-state index contributed by atoms with van der Waals surface area (Å²) >= 11 is 0. The molecule has 7 rings (SSSR count). The van der Waals surface area contributed by atoms with Crippen LogP contribution in [0.25, 0.3) is 32.9 Å². The van der Waals surface area contributed by atoms with Crippen LogP contribution in [-0.2, 0) is 14.6 Å². The summed E-state index contributed by atoms with van der Waals surface area (Å²) in [5, 5.41) is 14.0. The molecule has 5 heterocycles. The molecule has 14 heteroatoms. The molecule has 0 unspecified atom stereocenters. The third-order valence-electron chi connectivity index (χ3n) is 9.78. The Morgan fingerprint density at radius 1 is 1.20 bits per heavy atom. The Kier molecular flexibility index (Phi) is 8.36. The molecule has 2 aromatic carbocycles. The number of rotatable bonds is 7. The number of hydrogen-bond donors (Lipinski definition) is 2. The van der Waals surface area contributed by atoms with Crippen LogP contribution in [0.4, 0.5) is 14.6 Å². The van der Waals surface area contributed by atoms with Gasteiger partial charge in [0.25, 0.3) is 0 Å². The minimum absolute atomic E-state index is 0.00255. The average Bonchev–Trinajstić information content (AvgIpc) is 3.61. The van der Waals surface area contributed by atoms with Crippen molar-refractivity contribution in [3.8, 4) is 35.4 Å². The maximum absolute atomic E-state index is 16.9. The van der Waals surface area contributed by atoms with Gasteiger partial charge in [0.05, 0.1) is 34.0 Å². The van der Waals surface area contributed by atoms with Gasteiger partial charge in [-0.1, -0.05) is 18.6 Å². The molecule has 4 aromatic rings. The second-order valence-corrected chi connectivity index (χ2v) is 15.1. The van der Waals surface area contributed by atoms with E-state index in [1.54, 1.807) is 4.90 Å². The van der Waals surface area contributed by atoms with Crippen LogP contribution >= 0.6 is 0 Å². The van der Waals surface area contributed by atoms with E-state index in [1.165, 1.54) is 30.5 Å². The zero-order chi connectivity index (χ0) is 34.5. The van der Waals surface area contributed by atoms with Crippen molar-refractivity contribution in [2.75, 3.05) is 49.2 Å². The third kappa shape index (κ3) is 6.02. The molecule has 1 amide bonds. The van der Waals surface area contributed by atoms with Gasteiger partial charge in [-0.25, -0.2) is 17.2 Å². The SMILES string of the molecule is C#Cc1c(F)ccc2cc(O)cc(-c3ncc4c(N5CCS(=O)(=O)C[C@@H](NC(=O)C=C)C5)nc(OCC56CCCN5CCC6)nc4c3F)c12. The Hall–Kier alpha value is -4.87. The molecule has 49 heavy (non-hydrogen) atoms. The Bertz CT molecular complexity index is 2160. The molecular formula is C35H34F2N6O5S. The fourth-order valence-electron chi connectivity index (χ4n) is 7.52. The Morgan fingerprint density at radius 2 is 1.98 bits per heavy atom. The number of nitrogens with one attached hydrogen (secondary N) is 1. The van der Waals surface area contributed by atoms with Crippen LogP contribution in [0.2, 0.25) is 0 Å². The fraction of sp³-hybridized carbons (Fsp3) is 0.371. The first-order valence-electron chi connectivity index (χ1n) is 16.1. The van der Waals surface area contributed by atoms with Crippen LogP contribution < -0.4 is 15.0 Å². The van der Waals surface area contributed by atoms with Gasteiger partial charge >= 0.3 is 6.01 Å². The molecule has 0 aliphatic carbocycles. The van der Waals surface area contributed by atoms with Crippen molar-refractivity contribution < 1.29 is 31.8 Å². The normalized spacial score (nSPS) is 20.1. The van der Waals surface area contributed by atoms with E-state index in [0.29, 0.717) is 5.39 Å². The first-order chi connectivity index (χ1) is 23.5. The quantitative estimate of drug-likeness (QED) is 0.218. The highest BCUT2D eigenvalue weighted by molar-refractivity contribution is 7.91. The molecule has 0 radical (unpaired) electrons. The summed E-state index contributed by atoms with van der Waals surface area (Å²) in [6.07, 6.45) is 12.0. The minimum atomic E-state index is -3.58. The van der Waals surface area contributed by atoms with E-state index in [4.69, 9.17) is 11.2 Å². The number of ether oxygens (including phenoxy) is 1. The molecule has 3 aliphatic rings. The molecule has 3 saturated heterocycles. The molecule has 11 nitrogen and oxygen atoms in total. The first-order valence-corrected chi connectivity index (χ1v) is 17.9. The number of aromatic hydroxyl groups is 1. The number of carbonyl (C=O) groups excluding carboxylic acids is 1. The summed E-state index contributed by atoms with van der Waals surface area (Å²) in [6, 6.07) is 4.35. The van der Waals surface area contributed by atoms with Gasteiger partial charge < -0.3 is 20.1 Å². The summed E-state index contributed by atoms with van der Waals surface area (Å²) in [6.45, 7) is 5.71. The third-order valence-corrected chi connectivity index (χ3v) is 11.5. The Morgan fingerprint density at radius 3 is 2.71 bits per heavy atom. The number of carbonyl (C=O) groups is 1. The van der Waals surface area contributed by atoms with E-state index in [-0.39, 0.29) is 87.4 Å². The largest absolute Gasteiger partial charge is 0.508 e. The van der Waals surface area contributed by atoms with E-state index in [9.17, 15) is 22.7 Å². The number of amides is 1. The zero-order valence-electron chi connectivity index (χ0n) is 26.6. The van der Waals surface area contributed by atoms with Crippen molar-refractivity contribution in [2.45, 2.75) is 37.3 Å². The van der Waals surface area contributed by atoms with Gasteiger partial charge in [0.2, 0.25) is 5.91 Å². The number of fused-ring (bicyclic) bond motifs is 3. The Labute approximate surface area is 281 Å². The van der Waals surface area contributed by atoms with E-state index in [1.807, 2.05) is 0 Å². The molecule has 0 bridgehead atoms. The zero-order valence-corrected chi connectivity index (χ0v) is 27.4. The summed E-state index contributed by atoms with van der Waals surface area (Å²) in [5.74, 6) is -0.360. The highest BCUT2D eigenvalue weighted by atomic mass is 32.2. The number of terminal acetylenes is 1. The standard InChI is InChI=1S/C35H34F2N6O5S/c1-3-24-27(36)8-7-21-15-23(44)16-25(29(21)24)31-30(37)32-26(17-38-31)33(42-13-14-49(46,47)19-22(18-42)39-28(45)4-2)41-34(40-32)48-20-35-9-5-11-43(35)12-6-10-35/h1,4,7-8,15-17,22,44H,2,5-6,9-14,18-20H2,(H,39,45)/t22-/m0/s1. The van der Waals surface area contributed by atoms with Gasteiger partial charge in [0.15, 0.2) is 15.7 Å². The number of anilines is 1. The van der Waals surface area contributed by atoms with Crippen molar-refractivity contribution in [3.05, 3.63) is 60.3 Å². The summed E-state index contributed by atoms with van der Waals surface area (Å²) in [7, 11) is -3.58. The van der Waals surface area contributed by atoms with E-state index in [2.05, 4.69) is 37.7 Å². The predicted octanol–water partition coefficient (Wildman–Crippen LogP) is 3.72. The van der Waals surface area contributed by atoms with Crippen molar-refractivity contribution in [3.63, 3.8) is 0 Å². The number of pyridine rings is 1. The van der Waals surface area contributed by atoms with Gasteiger partial charge in [-0.15, -0.1) is 6.42 Å². The van der Waals surface area contributed by atoms with Crippen molar-refractivity contribution in [1.29, 1.82) is 0 Å². The lowest BCUT2D eigenvalue weighted by atomic mass is 9.95. The van der Waals surface area contributed by atoms with Crippen LogP contribution in [0.1, 0.15) is 31.2 Å². The van der Waals surface area contributed by atoms with Crippen molar-refractivity contribution >= 4 is 43.2 Å². The minimum Gasteiger partial charge on any atom is -0.508 e. The maximum atomic E-state index is 16.9. The number of sulfone groups is 1. The summed E-state index contributed by atoms with van der Waals surface area (Å²) < 4.78 is 63.8. The lowest BCUT2D eigenvalue weighted by molar-refractivity contribution is -0.116. The van der Waals surface area contributed by atoms with Gasteiger partial charge in [-0.3, -0.25) is 14.7 Å². The number of aromatic nitrogens is 3. The van der Waals surface area contributed by atoms with Crippen LogP contribution in [-0.4, -0.2) is 95.2 Å². The molecule has 2 aromatic heterocycles. The number of halogens is 2. The molecule has 3 fully saturated rings. The smallest absolute Gasteiger partial charge is 0.319 e. The first kappa shape index (κ1) is 32.7. The van der Waals surface area contributed by atoms with Gasteiger partial charge in [0, 0.05) is 30.2 Å². The lowest BCUT2D eigenvalue weighted by Crippen LogP contribution is -2.45. The van der Waals surface area contributed by atoms with E-state index in [0.717, 1.165) is 44.8 Å². The number of phenols is 1. The number of nitrogens with zero attached hydrogens (tertiary/aromatic N) is 5. The number of phenolic OH excluding ortho intramolecular Hbond substituents is 1. The molecule has 2 N–H and O–H groups in total. The number of hydrogen-bond acceptors (Lipinski definition) is 10. The lowest BCUT2D eigenvalue weighted by Gasteiger charge is -2.31. The summed E-state index contributed by atoms with van der Waals surface area (Å²) in [4.78, 5) is 29.9.